The lowest BCUT2D eigenvalue weighted by Gasteiger charge is -2.52. The van der Waals surface area contributed by atoms with Crippen LogP contribution >= 0.6 is 0 Å². The number of amides is 1. The molecule has 19 N–H and O–H groups in total. The molecule has 0 aromatic heterocycles. The topological polar surface area (TPSA) is 555 Å². The van der Waals surface area contributed by atoms with Gasteiger partial charge in [0.2, 0.25) is 5.91 Å². The van der Waals surface area contributed by atoms with Gasteiger partial charge in [-0.3, -0.25) is 9.35 Å². The van der Waals surface area contributed by atoms with Gasteiger partial charge >= 0.3 is 16.4 Å². The first-order valence-corrected chi connectivity index (χ1v) is 24.0. The van der Waals surface area contributed by atoms with Gasteiger partial charge in [0.25, 0.3) is 0 Å². The number of carbonyl (C=O) groups is 2. The number of rotatable bonds is 18. The molecule has 36 heteroatoms. The van der Waals surface area contributed by atoms with Crippen molar-refractivity contribution in [2.24, 2.45) is 0 Å². The number of carboxylic acid groups (broad SMARTS) is 1. The van der Waals surface area contributed by atoms with E-state index in [2.05, 4.69) is 9.50 Å². The van der Waals surface area contributed by atoms with Crippen LogP contribution in [-0.2, 0) is 76.3 Å². The van der Waals surface area contributed by atoms with Crippen LogP contribution in [0.1, 0.15) is 13.8 Å². The van der Waals surface area contributed by atoms with E-state index in [-0.39, 0.29) is 0 Å². The molecule has 6 rings (SSSR count). The van der Waals surface area contributed by atoms with Crippen molar-refractivity contribution in [2.45, 2.75) is 198 Å². The maximum absolute atomic E-state index is 12.4. The van der Waals surface area contributed by atoms with E-state index in [1.807, 2.05) is 0 Å². The van der Waals surface area contributed by atoms with Gasteiger partial charge in [0.15, 0.2) is 43.8 Å². The molecule has 1 amide bonds. The minimum atomic E-state index is -5.59. The Morgan fingerprint density at radius 3 is 1.45 bits per heavy atom. The van der Waals surface area contributed by atoms with Crippen molar-refractivity contribution in [2.75, 3.05) is 26.4 Å². The number of aliphatic hydroxyl groups excluding tert-OH is 16. The highest BCUT2D eigenvalue weighted by molar-refractivity contribution is 7.80. The Labute approximate surface area is 417 Å². The molecule has 0 aliphatic carbocycles. The van der Waals surface area contributed by atoms with Gasteiger partial charge in [0, 0.05) is 6.92 Å². The van der Waals surface area contributed by atoms with Gasteiger partial charge in [-0.1, -0.05) is 0 Å². The molecule has 0 bridgehead atoms. The highest BCUT2D eigenvalue weighted by Gasteiger charge is 2.60. The quantitative estimate of drug-likeness (QED) is 0.0567. The second-order valence-electron chi connectivity index (χ2n) is 18.0. The van der Waals surface area contributed by atoms with E-state index in [4.69, 9.17) is 52.1 Å². The molecule has 6 aliphatic heterocycles. The third-order valence-electron chi connectivity index (χ3n) is 13.0. The zero-order valence-electron chi connectivity index (χ0n) is 38.6. The van der Waals surface area contributed by atoms with Gasteiger partial charge in [-0.2, -0.15) is 8.42 Å². The average Bonchev–Trinajstić information content (AvgIpc) is 3.34. The predicted octanol–water partition coefficient (Wildman–Crippen LogP) is -13.0. The molecular weight excluding hydrogens is 1050 g/mol. The van der Waals surface area contributed by atoms with Crippen LogP contribution in [0.2, 0.25) is 0 Å². The number of carbonyl (C=O) groups excluding carboxylic acids is 1. The van der Waals surface area contributed by atoms with Crippen molar-refractivity contribution in [1.82, 2.24) is 5.32 Å². The third-order valence-corrected chi connectivity index (χ3v) is 13.4. The number of carboxylic acids is 1. The van der Waals surface area contributed by atoms with Crippen molar-refractivity contribution in [3.63, 3.8) is 0 Å². The fourth-order valence-corrected chi connectivity index (χ4v) is 9.55. The molecular formula is C38H63NO34S. The van der Waals surface area contributed by atoms with Crippen molar-refractivity contribution >= 4 is 22.3 Å². The summed E-state index contributed by atoms with van der Waals surface area (Å²) in [4.78, 5) is 24.5. The van der Waals surface area contributed by atoms with Crippen LogP contribution in [0.5, 0.6) is 0 Å². The van der Waals surface area contributed by atoms with Gasteiger partial charge in [0.1, 0.15) is 134 Å². The second-order valence-corrected chi connectivity index (χ2v) is 19.1. The standard InChI is InChI=1S/C38H63NO34S/c1-7-14(45)18(49)20(51)34(62-7)72-31-30(71-36-23(54)27(17(48)11(5-42)65-36)69-37-24(55)28(73-74(59,60)61)22(53)29(70-37)32(56)57)25(67-35-21(52)19(50)15(46)9(3-40)64-35)12(6-43)66-38(31)68-26-13(39-8(2)44)33(58)63-10(4-41)16(26)47/h7,9-31,33-38,40-43,45-55,58H,3-6H2,1-2H3,(H,39,44)(H,56,57)(H,59,60,61)/t7-,9+,10+,11+,12+,13+,14+,15-,16-,17-,18+,19-,20-,21+,22-,23+,24+,25-,26+,27-,28-,29-,30-,31+,33-,34-,35-,36-,37+,38-/m0/s1. The molecule has 430 valence electrons. The van der Waals surface area contributed by atoms with E-state index < -0.39 is 233 Å². The Morgan fingerprint density at radius 2 is 0.892 bits per heavy atom. The maximum Gasteiger partial charge on any atom is 0.397 e. The highest BCUT2D eigenvalue weighted by Crippen LogP contribution is 2.39. The molecule has 6 aliphatic rings. The minimum Gasteiger partial charge on any atom is -0.479 e. The molecule has 6 fully saturated rings. The number of hydrogen-bond donors (Lipinski definition) is 19. The summed E-state index contributed by atoms with van der Waals surface area (Å²) in [6.45, 7) is -2.28. The normalized spacial score (nSPS) is 49.5. The molecule has 0 spiro atoms. The molecule has 0 unspecified atom stereocenters. The van der Waals surface area contributed by atoms with Crippen molar-refractivity contribution in [1.29, 1.82) is 0 Å². The van der Waals surface area contributed by atoms with Crippen LogP contribution in [0.15, 0.2) is 0 Å². The third kappa shape index (κ3) is 13.1. The fraction of sp³-hybridized carbons (Fsp3) is 0.947. The summed E-state index contributed by atoms with van der Waals surface area (Å²) >= 11 is 0. The summed E-state index contributed by atoms with van der Waals surface area (Å²) in [5.41, 5.74) is 0. The molecule has 0 aromatic rings. The van der Waals surface area contributed by atoms with Crippen LogP contribution in [0.4, 0.5) is 0 Å². The highest BCUT2D eigenvalue weighted by atomic mass is 32.3. The van der Waals surface area contributed by atoms with Gasteiger partial charge in [-0.25, -0.2) is 8.98 Å². The number of nitrogens with one attached hydrogen (secondary N) is 1. The first kappa shape index (κ1) is 61.0. The molecule has 74 heavy (non-hydrogen) atoms. The van der Waals surface area contributed by atoms with Gasteiger partial charge in [-0.05, 0) is 6.92 Å². The lowest BCUT2D eigenvalue weighted by atomic mass is 9.94. The first-order chi connectivity index (χ1) is 34.7. The van der Waals surface area contributed by atoms with Crippen LogP contribution in [-0.4, -0.2) is 322 Å². The smallest absolute Gasteiger partial charge is 0.397 e. The van der Waals surface area contributed by atoms with Gasteiger partial charge in [-0.15, -0.1) is 0 Å². The largest absolute Gasteiger partial charge is 0.479 e. The summed E-state index contributed by atoms with van der Waals surface area (Å²) in [7, 11) is -5.59. The Bertz CT molecular complexity index is 1940. The number of hydrogen-bond acceptors (Lipinski definition) is 32. The van der Waals surface area contributed by atoms with E-state index in [1.165, 1.54) is 6.92 Å². The van der Waals surface area contributed by atoms with E-state index >= 15 is 0 Å². The number of aliphatic carboxylic acids is 1. The van der Waals surface area contributed by atoms with Crippen molar-refractivity contribution < 1.29 is 166 Å². The molecule has 0 aromatic carbocycles. The van der Waals surface area contributed by atoms with Crippen LogP contribution in [0.25, 0.3) is 0 Å². The van der Waals surface area contributed by atoms with Crippen LogP contribution in [0.3, 0.4) is 0 Å². The molecule has 6 saturated heterocycles. The Balaban J connectivity index is 1.47. The van der Waals surface area contributed by atoms with E-state index in [0.29, 0.717) is 0 Å². The summed E-state index contributed by atoms with van der Waals surface area (Å²) < 4.78 is 100. The maximum atomic E-state index is 12.4. The SMILES string of the molecule is CC(=O)N[C@@H]1[C@@H](O[C@@H]2O[C@H](CO)[C@H](O[C@@H]3O[C@H](CO)[C@H](O)[C@H](O)[C@H]3O)[C@H](O[C@@H]3O[C@H](CO)[C@H](O)[C@H](O[C@@H]4O[C@H](C(=O)O)[C@@H](O)[C@H](OS(=O)(=O)O)[C@H]4O)[C@H]3O)[C@H]2O[C@@H]2O[C@@H](C)[C@@H](O)[C@@H](O)[C@@H]2O)[C@@H](O)[C@@H](CO)O[C@@H]1O. The fourth-order valence-electron chi connectivity index (χ4n) is 9.05. The minimum absolute atomic E-state index is 0.857. The summed E-state index contributed by atoms with van der Waals surface area (Å²) in [5, 5.41) is 185. The molecule has 0 saturated carbocycles. The Kier molecular flexibility index (Phi) is 20.8. The second kappa shape index (κ2) is 25.2. The monoisotopic (exact) mass is 1110 g/mol. The van der Waals surface area contributed by atoms with E-state index in [1.54, 1.807) is 0 Å². The Hall–Kier alpha value is -2.27. The zero-order chi connectivity index (χ0) is 55.0. The first-order valence-electron chi connectivity index (χ1n) is 22.6. The van der Waals surface area contributed by atoms with Crippen LogP contribution < -0.4 is 5.32 Å². The summed E-state index contributed by atoms with van der Waals surface area (Å²) in [6.07, 6.45) is -63.0. The molecule has 30 atom stereocenters. The molecule has 6 heterocycles. The van der Waals surface area contributed by atoms with Gasteiger partial charge < -0.3 is 144 Å². The average molecular weight is 1110 g/mol. The van der Waals surface area contributed by atoms with E-state index in [0.717, 1.165) is 6.92 Å². The number of ether oxygens (including phenoxy) is 11. The molecule has 0 radical (unpaired) electrons. The van der Waals surface area contributed by atoms with Crippen molar-refractivity contribution in [3.8, 4) is 0 Å². The summed E-state index contributed by atoms with van der Waals surface area (Å²) in [5.74, 6) is -2.89. The molecule has 35 nitrogen and oxygen atoms in total. The van der Waals surface area contributed by atoms with Crippen molar-refractivity contribution in [3.05, 3.63) is 0 Å². The lowest BCUT2D eigenvalue weighted by molar-refractivity contribution is -0.418. The van der Waals surface area contributed by atoms with Crippen LogP contribution in [0, 0.1) is 0 Å². The lowest BCUT2D eigenvalue weighted by Crippen LogP contribution is -2.71. The van der Waals surface area contributed by atoms with Gasteiger partial charge in [0.05, 0.1) is 32.5 Å². The zero-order valence-corrected chi connectivity index (χ0v) is 39.5. The Morgan fingerprint density at radius 1 is 0.459 bits per heavy atom. The number of aliphatic hydroxyl groups is 16. The predicted molar refractivity (Wildman–Crippen MR) is 220 cm³/mol. The van der Waals surface area contributed by atoms with E-state index in [9.17, 15) is 109 Å². The summed E-state index contributed by atoms with van der Waals surface area (Å²) in [6, 6.07) is -1.77.